The van der Waals surface area contributed by atoms with Crippen LogP contribution >= 0.6 is 0 Å². The number of hydrogen-bond acceptors (Lipinski definition) is 5. The average Bonchev–Trinajstić information content (AvgIpc) is 2.81. The first-order valence-corrected chi connectivity index (χ1v) is 6.49. The summed E-state index contributed by atoms with van der Waals surface area (Å²) in [5, 5.41) is 6.75. The van der Waals surface area contributed by atoms with Gasteiger partial charge in [0.1, 0.15) is 17.0 Å². The number of nitrogens with zero attached hydrogens (tertiary/aromatic N) is 1. The molecule has 2 aromatic rings. The second-order valence-corrected chi connectivity index (χ2v) is 5.35. The molecule has 20 heavy (non-hydrogen) atoms. The van der Waals surface area contributed by atoms with Crippen molar-refractivity contribution in [3.8, 4) is 0 Å². The molecule has 2 heterocycles. The van der Waals surface area contributed by atoms with Gasteiger partial charge in [0.15, 0.2) is 0 Å². The maximum absolute atomic E-state index is 11.4. The minimum Gasteiger partial charge on any atom is -0.464 e. The third kappa shape index (κ3) is 3.88. The number of amides is 1. The number of anilines is 1. The van der Waals surface area contributed by atoms with E-state index < -0.39 is 11.7 Å². The van der Waals surface area contributed by atoms with Crippen molar-refractivity contribution in [2.45, 2.75) is 26.4 Å². The molecule has 2 aromatic heterocycles. The van der Waals surface area contributed by atoms with E-state index in [1.807, 2.05) is 26.8 Å². The molecular formula is C14H19N3O3. The summed E-state index contributed by atoms with van der Waals surface area (Å²) in [6.45, 7) is 6.48. The largest absolute Gasteiger partial charge is 0.464 e. The minimum absolute atomic E-state index is 0.422. The summed E-state index contributed by atoms with van der Waals surface area (Å²) < 4.78 is 10.4. The molecule has 0 aliphatic rings. The van der Waals surface area contributed by atoms with Gasteiger partial charge in [0, 0.05) is 19.3 Å². The van der Waals surface area contributed by atoms with E-state index in [9.17, 15) is 4.79 Å². The molecule has 0 atom stereocenters. The molecule has 0 radical (unpaired) electrons. The second kappa shape index (κ2) is 5.81. The zero-order chi connectivity index (χ0) is 14.6. The lowest BCUT2D eigenvalue weighted by molar-refractivity contribution is 0.0530. The summed E-state index contributed by atoms with van der Waals surface area (Å²) in [6, 6.07) is 3.66. The molecule has 0 fully saturated rings. The summed E-state index contributed by atoms with van der Waals surface area (Å²) in [6.07, 6.45) is 2.88. The third-order valence-corrected chi connectivity index (χ3v) is 2.47. The lowest BCUT2D eigenvalue weighted by atomic mass is 10.2. The number of carbonyl (C=O) groups is 1. The molecule has 0 spiro atoms. The van der Waals surface area contributed by atoms with Crippen LogP contribution in [0.25, 0.3) is 11.0 Å². The van der Waals surface area contributed by atoms with Gasteiger partial charge in [0.25, 0.3) is 0 Å². The van der Waals surface area contributed by atoms with Crippen LogP contribution in [0.1, 0.15) is 20.8 Å². The van der Waals surface area contributed by atoms with Gasteiger partial charge in [0.05, 0.1) is 11.6 Å². The van der Waals surface area contributed by atoms with Crippen molar-refractivity contribution in [2.24, 2.45) is 0 Å². The molecule has 0 aliphatic carbocycles. The molecule has 108 valence electrons. The Kier molecular flexibility index (Phi) is 4.12. The fourth-order valence-corrected chi connectivity index (χ4v) is 1.70. The monoisotopic (exact) mass is 277 g/mol. The molecule has 2 rings (SSSR count). The number of carbonyl (C=O) groups excluding carboxylic acids is 1. The molecule has 6 nitrogen and oxygen atoms in total. The van der Waals surface area contributed by atoms with Crippen LogP contribution in [0.3, 0.4) is 0 Å². The molecular weight excluding hydrogens is 258 g/mol. The second-order valence-electron chi connectivity index (χ2n) is 5.35. The maximum Gasteiger partial charge on any atom is 0.407 e. The highest BCUT2D eigenvalue weighted by atomic mass is 16.6. The zero-order valence-corrected chi connectivity index (χ0v) is 11.9. The van der Waals surface area contributed by atoms with Crippen LogP contribution in [-0.4, -0.2) is 29.8 Å². The van der Waals surface area contributed by atoms with Gasteiger partial charge >= 0.3 is 6.09 Å². The quantitative estimate of drug-likeness (QED) is 0.840. The average molecular weight is 277 g/mol. The van der Waals surface area contributed by atoms with Crippen molar-refractivity contribution < 1.29 is 13.9 Å². The van der Waals surface area contributed by atoms with Gasteiger partial charge in [-0.25, -0.2) is 9.78 Å². The first-order chi connectivity index (χ1) is 9.46. The lowest BCUT2D eigenvalue weighted by Crippen LogP contribution is -2.35. The number of alkyl carbamates (subject to hydrolysis) is 1. The molecule has 0 bridgehead atoms. The van der Waals surface area contributed by atoms with E-state index in [0.717, 1.165) is 16.8 Å². The van der Waals surface area contributed by atoms with Crippen molar-refractivity contribution in [2.75, 3.05) is 18.4 Å². The highest BCUT2D eigenvalue weighted by Gasteiger charge is 2.15. The van der Waals surface area contributed by atoms with E-state index in [-0.39, 0.29) is 0 Å². The lowest BCUT2D eigenvalue weighted by Gasteiger charge is -2.19. The fraction of sp³-hybridized carbons (Fsp3) is 0.429. The number of nitrogens with one attached hydrogen (secondary N) is 2. The Balaban J connectivity index is 1.79. The number of aromatic nitrogens is 1. The molecule has 0 aliphatic heterocycles. The zero-order valence-electron chi connectivity index (χ0n) is 11.9. The topological polar surface area (TPSA) is 76.4 Å². The van der Waals surface area contributed by atoms with Crippen LogP contribution in [0.15, 0.2) is 29.0 Å². The number of ether oxygens (including phenoxy) is 1. The Labute approximate surface area is 117 Å². The Morgan fingerprint density at radius 3 is 2.90 bits per heavy atom. The highest BCUT2D eigenvalue weighted by molar-refractivity contribution is 5.87. The van der Waals surface area contributed by atoms with Crippen molar-refractivity contribution in [1.29, 1.82) is 0 Å². The summed E-state index contributed by atoms with van der Waals surface area (Å²) in [4.78, 5) is 15.7. The van der Waals surface area contributed by atoms with Crippen molar-refractivity contribution in [3.63, 3.8) is 0 Å². The van der Waals surface area contributed by atoms with Gasteiger partial charge < -0.3 is 19.8 Å². The van der Waals surface area contributed by atoms with Crippen LogP contribution in [-0.2, 0) is 4.74 Å². The van der Waals surface area contributed by atoms with Crippen LogP contribution in [0.2, 0.25) is 0 Å². The van der Waals surface area contributed by atoms with Gasteiger partial charge in [-0.3, -0.25) is 0 Å². The number of hydrogen-bond donors (Lipinski definition) is 2. The number of fused-ring (bicyclic) bond motifs is 1. The van der Waals surface area contributed by atoms with Gasteiger partial charge in [-0.2, -0.15) is 0 Å². The predicted octanol–water partition coefficient (Wildman–Crippen LogP) is 2.76. The molecule has 6 heteroatoms. The van der Waals surface area contributed by atoms with E-state index in [1.165, 1.54) is 0 Å². The minimum atomic E-state index is -0.485. The normalized spacial score (nSPS) is 11.3. The molecule has 0 aromatic carbocycles. The molecule has 1 amide bonds. The first kappa shape index (κ1) is 14.2. The number of pyridine rings is 1. The SMILES string of the molecule is CC(C)(C)OC(=O)NCCNc1nccc2occc12. The van der Waals surface area contributed by atoms with Gasteiger partial charge in [0.2, 0.25) is 0 Å². The van der Waals surface area contributed by atoms with Crippen molar-refractivity contribution >= 4 is 22.9 Å². The maximum atomic E-state index is 11.4. The Hall–Kier alpha value is -2.24. The van der Waals surface area contributed by atoms with Gasteiger partial charge in [-0.15, -0.1) is 0 Å². The van der Waals surface area contributed by atoms with E-state index in [0.29, 0.717) is 13.1 Å². The fourth-order valence-electron chi connectivity index (χ4n) is 1.70. The van der Waals surface area contributed by atoms with Gasteiger partial charge in [-0.1, -0.05) is 0 Å². The third-order valence-electron chi connectivity index (χ3n) is 2.47. The number of rotatable bonds is 4. The van der Waals surface area contributed by atoms with Gasteiger partial charge in [-0.05, 0) is 32.9 Å². The Bertz CT molecular complexity index is 587. The van der Waals surface area contributed by atoms with Crippen molar-refractivity contribution in [3.05, 3.63) is 24.6 Å². The Morgan fingerprint density at radius 1 is 1.35 bits per heavy atom. The van der Waals surface area contributed by atoms with Crippen LogP contribution in [0.4, 0.5) is 10.6 Å². The van der Waals surface area contributed by atoms with E-state index >= 15 is 0 Å². The van der Waals surface area contributed by atoms with Crippen LogP contribution < -0.4 is 10.6 Å². The van der Waals surface area contributed by atoms with E-state index in [1.54, 1.807) is 18.5 Å². The summed E-state index contributed by atoms with van der Waals surface area (Å²) >= 11 is 0. The molecule has 0 saturated heterocycles. The molecule has 0 unspecified atom stereocenters. The smallest absolute Gasteiger partial charge is 0.407 e. The summed E-state index contributed by atoms with van der Waals surface area (Å²) in [5.74, 6) is 0.738. The Morgan fingerprint density at radius 2 is 2.15 bits per heavy atom. The molecule has 2 N–H and O–H groups in total. The summed E-state index contributed by atoms with van der Waals surface area (Å²) in [5.41, 5.74) is 0.296. The number of furan rings is 1. The van der Waals surface area contributed by atoms with E-state index in [2.05, 4.69) is 15.6 Å². The van der Waals surface area contributed by atoms with Crippen molar-refractivity contribution in [1.82, 2.24) is 10.3 Å². The molecule has 0 saturated carbocycles. The van der Waals surface area contributed by atoms with Crippen LogP contribution in [0.5, 0.6) is 0 Å². The summed E-state index contributed by atoms with van der Waals surface area (Å²) in [7, 11) is 0. The highest BCUT2D eigenvalue weighted by Crippen LogP contribution is 2.21. The van der Waals surface area contributed by atoms with E-state index in [4.69, 9.17) is 9.15 Å². The first-order valence-electron chi connectivity index (χ1n) is 6.49. The van der Waals surface area contributed by atoms with Crippen LogP contribution in [0, 0.1) is 0 Å². The predicted molar refractivity (Wildman–Crippen MR) is 76.7 cm³/mol. The standard InChI is InChI=1S/C14H19N3O3/c1-14(2,3)20-13(18)17-8-7-16-12-10-5-9-19-11(10)4-6-15-12/h4-6,9H,7-8H2,1-3H3,(H,15,16)(H,17,18).